The van der Waals surface area contributed by atoms with Gasteiger partial charge in [-0.25, -0.2) is 4.57 Å². The second-order valence-corrected chi connectivity index (χ2v) is 16.3. The average Bonchev–Trinajstić information content (AvgIpc) is 3.20. The molecule has 0 saturated carbocycles. The van der Waals surface area contributed by atoms with E-state index in [1.165, 1.54) is 88.9 Å². The number of phosphoric ester groups is 1. The number of likely N-dealkylation sites (N-methyl/N-ethyl adjacent to an activating group) is 1. The maximum atomic E-state index is 12.8. The molecule has 324 valence electrons. The van der Waals surface area contributed by atoms with Crippen LogP contribution in [-0.4, -0.2) is 74.9 Å². The highest BCUT2D eigenvalue weighted by atomic mass is 31.2. The molecule has 0 heterocycles. The van der Waals surface area contributed by atoms with Crippen LogP contribution < -0.4 is 0 Å². The Balaban J connectivity index is 5.00. The van der Waals surface area contributed by atoms with Gasteiger partial charge in [0.25, 0.3) is 0 Å². The Kier molecular flexibility index (Phi) is 27.6. The fraction of sp³-hybridized carbons (Fsp3) is 0.739. The molecule has 9 nitrogen and oxygen atoms in total. The zero-order chi connectivity index (χ0) is 48.6. The van der Waals surface area contributed by atoms with Gasteiger partial charge in [0.15, 0.2) is 6.10 Å². The predicted molar refractivity (Wildman–Crippen MR) is 233 cm³/mol. The molecule has 0 fully saturated rings. The molecule has 0 spiro atoms. The van der Waals surface area contributed by atoms with Crippen molar-refractivity contribution in [1.82, 2.24) is 0 Å². The van der Waals surface area contributed by atoms with Crippen molar-refractivity contribution in [2.75, 3.05) is 47.5 Å². The van der Waals surface area contributed by atoms with Gasteiger partial charge in [-0.05, 0) is 51.2 Å². The van der Waals surface area contributed by atoms with E-state index in [0.717, 1.165) is 55.7 Å². The molecule has 0 aromatic heterocycles. The molecular formula is C46H83NO8P+. The highest BCUT2D eigenvalue weighted by molar-refractivity contribution is 7.47. The van der Waals surface area contributed by atoms with Crippen LogP contribution in [-0.2, 0) is 32.7 Å². The molecule has 0 bridgehead atoms. The van der Waals surface area contributed by atoms with Gasteiger partial charge in [0.2, 0.25) is 0 Å². The van der Waals surface area contributed by atoms with Crippen LogP contribution >= 0.6 is 7.82 Å². The standard InChI is InChI=1S/C46H82NO8P/c1-6-8-10-12-14-16-18-20-22-23-25-27-29-31-33-35-37-39-46(49)55-44(43-54-56(50,51)53-41-40-47(3,4)5)42-52-45(48)38-36-34-32-30-28-26-24-21-19-17-15-13-11-9-7-2/h8,10,14,16,20,22,25,27,31,33,44H,6-7,9,11-13,15,17-19,21,23-24,26,28-30,32,34-43H2,1-5H3/p+1/b10-8-,16-14-,22-20-,27-25-,33-31-/t44-/m1/s1/i12D2,18D2,23D2,29D2. The Morgan fingerprint density at radius 3 is 1.54 bits per heavy atom. The zero-order valence-corrected chi connectivity index (χ0v) is 36.4. The number of nitrogens with zero attached hydrogens (tertiary/aromatic N) is 1. The van der Waals surface area contributed by atoms with E-state index in [1.54, 1.807) is 6.08 Å². The highest BCUT2D eigenvalue weighted by Crippen LogP contribution is 2.43. The van der Waals surface area contributed by atoms with Gasteiger partial charge in [-0.15, -0.1) is 0 Å². The highest BCUT2D eigenvalue weighted by Gasteiger charge is 2.27. The van der Waals surface area contributed by atoms with Gasteiger partial charge in [0, 0.05) is 23.8 Å². The van der Waals surface area contributed by atoms with Crippen molar-refractivity contribution in [3.05, 3.63) is 60.8 Å². The zero-order valence-electron chi connectivity index (χ0n) is 43.5. The molecule has 2 atom stereocenters. The van der Waals surface area contributed by atoms with Crippen LogP contribution in [0.2, 0.25) is 0 Å². The summed E-state index contributed by atoms with van der Waals surface area (Å²) in [7, 11) is 1.17. The number of hydrogen-bond donors (Lipinski definition) is 1. The molecule has 0 amide bonds. The number of allylic oxidation sites excluding steroid dienone is 10. The van der Waals surface area contributed by atoms with Gasteiger partial charge in [-0.3, -0.25) is 18.6 Å². The number of quaternary nitrogens is 1. The molecule has 1 unspecified atom stereocenters. The Morgan fingerprint density at radius 2 is 1.05 bits per heavy atom. The lowest BCUT2D eigenvalue weighted by atomic mass is 10.0. The summed E-state index contributed by atoms with van der Waals surface area (Å²) in [6, 6.07) is 0. The van der Waals surface area contributed by atoms with Crippen molar-refractivity contribution in [3.8, 4) is 0 Å². The van der Waals surface area contributed by atoms with Gasteiger partial charge in [0.05, 0.1) is 27.7 Å². The first-order valence-corrected chi connectivity index (χ1v) is 22.5. The van der Waals surface area contributed by atoms with Gasteiger partial charge in [-0.1, -0.05) is 164 Å². The van der Waals surface area contributed by atoms with Crippen LogP contribution in [0.25, 0.3) is 0 Å². The summed E-state index contributed by atoms with van der Waals surface area (Å²) in [4.78, 5) is 35.5. The van der Waals surface area contributed by atoms with Crippen molar-refractivity contribution >= 4 is 19.8 Å². The van der Waals surface area contributed by atoms with Gasteiger partial charge < -0.3 is 18.9 Å². The number of ether oxygens (including phenoxy) is 2. The first kappa shape index (κ1) is 40.5. The number of rotatable bonds is 39. The van der Waals surface area contributed by atoms with Crippen LogP contribution in [0.3, 0.4) is 0 Å². The van der Waals surface area contributed by atoms with Crippen LogP contribution in [0.1, 0.15) is 179 Å². The minimum Gasteiger partial charge on any atom is -0.462 e. The molecule has 0 aliphatic carbocycles. The smallest absolute Gasteiger partial charge is 0.462 e. The molecule has 56 heavy (non-hydrogen) atoms. The molecule has 0 saturated heterocycles. The van der Waals surface area contributed by atoms with E-state index in [9.17, 15) is 19.0 Å². The van der Waals surface area contributed by atoms with Crippen LogP contribution in [0.15, 0.2) is 60.8 Å². The first-order chi connectivity index (χ1) is 29.8. The Bertz CT molecular complexity index is 1480. The fourth-order valence-electron chi connectivity index (χ4n) is 5.12. The maximum Gasteiger partial charge on any atom is 0.472 e. The topological polar surface area (TPSA) is 108 Å². The minimum absolute atomic E-state index is 0.0579. The summed E-state index contributed by atoms with van der Waals surface area (Å²) in [5.74, 6) is -1.17. The van der Waals surface area contributed by atoms with Crippen molar-refractivity contribution in [2.24, 2.45) is 0 Å². The number of phosphoric acid groups is 1. The third-order valence-electron chi connectivity index (χ3n) is 8.40. The van der Waals surface area contributed by atoms with E-state index in [4.69, 9.17) is 29.5 Å². The summed E-state index contributed by atoms with van der Waals surface area (Å²) in [5, 5.41) is 0. The predicted octanol–water partition coefficient (Wildman–Crippen LogP) is 12.5. The fourth-order valence-corrected chi connectivity index (χ4v) is 5.86. The van der Waals surface area contributed by atoms with Gasteiger partial charge in [-0.2, -0.15) is 0 Å². The van der Waals surface area contributed by atoms with Crippen LogP contribution in [0, 0.1) is 0 Å². The SMILES string of the molecule is [2H]C([2H])(/C=C\CC)/C=C\C([2H])([2H])/C=C\C([2H])([2H])/C=C\C([2H])([2H])/C=C\CCCC(=O)O[C@H](COC(=O)CCCCCCCCCCCCCCCCC)COP(=O)(O)OCC[N+](C)(C)C. The van der Waals surface area contributed by atoms with Crippen molar-refractivity contribution in [2.45, 2.75) is 174 Å². The molecule has 0 aromatic carbocycles. The second kappa shape index (κ2) is 38.2. The largest absolute Gasteiger partial charge is 0.472 e. The van der Waals surface area contributed by atoms with E-state index >= 15 is 0 Å². The first-order valence-electron chi connectivity index (χ1n) is 25.1. The molecule has 0 aliphatic rings. The quantitative estimate of drug-likeness (QED) is 0.0215. The molecule has 0 rings (SSSR count). The normalized spacial score (nSPS) is 17.3. The lowest BCUT2D eigenvalue weighted by Gasteiger charge is -2.24. The van der Waals surface area contributed by atoms with Crippen molar-refractivity contribution in [3.63, 3.8) is 0 Å². The molecule has 1 N–H and O–H groups in total. The Morgan fingerprint density at radius 1 is 0.607 bits per heavy atom. The number of carbonyl (C=O) groups excluding carboxylic acids is 2. The van der Waals surface area contributed by atoms with Crippen molar-refractivity contribution in [1.29, 1.82) is 0 Å². The van der Waals surface area contributed by atoms with Gasteiger partial charge in [0.1, 0.15) is 19.8 Å². The summed E-state index contributed by atoms with van der Waals surface area (Å²) < 4.78 is 98.6. The molecule has 0 aromatic rings. The summed E-state index contributed by atoms with van der Waals surface area (Å²) >= 11 is 0. The summed E-state index contributed by atoms with van der Waals surface area (Å²) in [6.45, 7) is 3.52. The number of unbranched alkanes of at least 4 members (excludes halogenated alkanes) is 15. The summed E-state index contributed by atoms with van der Waals surface area (Å²) in [5.41, 5.74) is 0. The monoisotopic (exact) mass is 817 g/mol. The molecule has 0 aliphatic heterocycles. The second-order valence-electron chi connectivity index (χ2n) is 14.9. The van der Waals surface area contributed by atoms with Gasteiger partial charge >= 0.3 is 19.8 Å². The molecular weight excluding hydrogens is 725 g/mol. The Hall–Kier alpha value is -2.29. The third-order valence-corrected chi connectivity index (χ3v) is 9.38. The average molecular weight is 817 g/mol. The van der Waals surface area contributed by atoms with E-state index in [2.05, 4.69) is 6.92 Å². The van der Waals surface area contributed by atoms with E-state index in [0.29, 0.717) is 23.9 Å². The molecule has 10 heteroatoms. The van der Waals surface area contributed by atoms with Crippen molar-refractivity contribution < 1.29 is 53.0 Å². The van der Waals surface area contributed by atoms with Crippen LogP contribution in [0.5, 0.6) is 0 Å². The van der Waals surface area contributed by atoms with E-state index in [1.807, 2.05) is 28.1 Å². The lowest BCUT2D eigenvalue weighted by Crippen LogP contribution is -2.37. The summed E-state index contributed by atoms with van der Waals surface area (Å²) in [6.07, 6.45) is 21.3. The van der Waals surface area contributed by atoms with E-state index < -0.39 is 58.0 Å². The van der Waals surface area contributed by atoms with Crippen LogP contribution in [0.4, 0.5) is 0 Å². The lowest BCUT2D eigenvalue weighted by molar-refractivity contribution is -0.870. The number of hydrogen-bond acceptors (Lipinski definition) is 7. The maximum absolute atomic E-state index is 12.8. The number of carbonyl (C=O) groups is 2. The van der Waals surface area contributed by atoms with E-state index in [-0.39, 0.29) is 38.9 Å². The molecule has 0 radical (unpaired) electrons. The Labute approximate surface area is 354 Å². The third kappa shape index (κ3) is 41.3. The number of esters is 2. The minimum atomic E-state index is -4.51.